The summed E-state index contributed by atoms with van der Waals surface area (Å²) in [6, 6.07) is 0.249. The van der Waals surface area contributed by atoms with Gasteiger partial charge in [0.05, 0.1) is 0 Å². The van der Waals surface area contributed by atoms with E-state index in [1.54, 1.807) is 0 Å². The highest BCUT2D eigenvalue weighted by atomic mass is 16.1. The van der Waals surface area contributed by atoms with Crippen LogP contribution in [0.25, 0.3) is 0 Å². The maximum absolute atomic E-state index is 11.4. The van der Waals surface area contributed by atoms with Crippen molar-refractivity contribution in [2.24, 2.45) is 11.7 Å². The van der Waals surface area contributed by atoms with Crippen molar-refractivity contribution < 1.29 is 4.79 Å². The van der Waals surface area contributed by atoms with Crippen LogP contribution in [0.5, 0.6) is 0 Å². The number of rotatable bonds is 5. The molecule has 1 fully saturated rings. The summed E-state index contributed by atoms with van der Waals surface area (Å²) in [5.41, 5.74) is 5.59. The van der Waals surface area contributed by atoms with Crippen molar-refractivity contribution in [2.75, 3.05) is 0 Å². The summed E-state index contributed by atoms with van der Waals surface area (Å²) in [6.07, 6.45) is 6.25. The monoisotopic (exact) mass is 169 g/mol. The van der Waals surface area contributed by atoms with Gasteiger partial charge in [0.15, 0.2) is 0 Å². The second-order valence-electron chi connectivity index (χ2n) is 3.96. The average Bonchev–Trinajstić information content (AvgIpc) is 1.81. The van der Waals surface area contributed by atoms with Crippen LogP contribution in [0.3, 0.4) is 0 Å². The van der Waals surface area contributed by atoms with E-state index in [2.05, 4.69) is 0 Å². The molecule has 0 saturated heterocycles. The van der Waals surface area contributed by atoms with Crippen molar-refractivity contribution in [3.8, 4) is 0 Å². The predicted molar refractivity (Wildman–Crippen MR) is 49.8 cm³/mol. The van der Waals surface area contributed by atoms with E-state index < -0.39 is 0 Å². The number of hydrogen-bond donors (Lipinski definition) is 1. The third kappa shape index (κ3) is 2.94. The van der Waals surface area contributed by atoms with Crippen molar-refractivity contribution >= 4 is 5.78 Å². The summed E-state index contributed by atoms with van der Waals surface area (Å²) in [4.78, 5) is 11.4. The molecule has 1 unspecified atom stereocenters. The standard InChI is InChI=1S/C10H19NO/c1-8(11)4-2-7-10(12)9-5-3-6-9/h8-9H,2-7,11H2,1H3. The zero-order chi connectivity index (χ0) is 8.97. The van der Waals surface area contributed by atoms with Crippen LogP contribution in [0.2, 0.25) is 0 Å². The third-order valence-corrected chi connectivity index (χ3v) is 2.64. The maximum atomic E-state index is 11.4. The molecule has 2 heteroatoms. The van der Waals surface area contributed by atoms with Crippen molar-refractivity contribution in [1.29, 1.82) is 0 Å². The molecule has 0 heterocycles. The van der Waals surface area contributed by atoms with Gasteiger partial charge in [-0.3, -0.25) is 4.79 Å². The summed E-state index contributed by atoms with van der Waals surface area (Å²) in [7, 11) is 0. The van der Waals surface area contributed by atoms with Gasteiger partial charge in [-0.05, 0) is 32.6 Å². The molecule has 0 spiro atoms. The van der Waals surface area contributed by atoms with Gasteiger partial charge in [0, 0.05) is 18.4 Å². The topological polar surface area (TPSA) is 43.1 Å². The fourth-order valence-electron chi connectivity index (χ4n) is 1.53. The minimum absolute atomic E-state index is 0.249. The van der Waals surface area contributed by atoms with Gasteiger partial charge in [0.25, 0.3) is 0 Å². The van der Waals surface area contributed by atoms with Gasteiger partial charge in [-0.15, -0.1) is 0 Å². The first-order chi connectivity index (χ1) is 5.70. The van der Waals surface area contributed by atoms with Gasteiger partial charge in [-0.1, -0.05) is 6.42 Å². The molecule has 0 aromatic carbocycles. The number of ketones is 1. The van der Waals surface area contributed by atoms with Crippen LogP contribution in [0, 0.1) is 5.92 Å². The molecule has 1 atom stereocenters. The molecule has 1 rings (SSSR count). The number of carbonyl (C=O) groups is 1. The van der Waals surface area contributed by atoms with Crippen LogP contribution in [-0.4, -0.2) is 11.8 Å². The Morgan fingerprint density at radius 2 is 2.25 bits per heavy atom. The van der Waals surface area contributed by atoms with E-state index in [0.29, 0.717) is 11.7 Å². The fraction of sp³-hybridized carbons (Fsp3) is 0.900. The third-order valence-electron chi connectivity index (χ3n) is 2.64. The normalized spacial score (nSPS) is 20.2. The molecule has 0 aromatic rings. The fourth-order valence-corrected chi connectivity index (χ4v) is 1.53. The Bertz CT molecular complexity index is 150. The SMILES string of the molecule is CC(N)CCCC(=O)C1CCC1. The van der Waals surface area contributed by atoms with Crippen molar-refractivity contribution in [2.45, 2.75) is 51.5 Å². The van der Waals surface area contributed by atoms with Crippen LogP contribution in [0.15, 0.2) is 0 Å². The average molecular weight is 169 g/mol. The maximum Gasteiger partial charge on any atom is 0.135 e. The Kier molecular flexibility index (Phi) is 3.73. The van der Waals surface area contributed by atoms with E-state index in [-0.39, 0.29) is 6.04 Å². The first-order valence-corrected chi connectivity index (χ1v) is 4.98. The van der Waals surface area contributed by atoms with E-state index in [0.717, 1.165) is 32.1 Å². The second-order valence-corrected chi connectivity index (χ2v) is 3.96. The Hall–Kier alpha value is -0.370. The molecule has 2 nitrogen and oxygen atoms in total. The Labute approximate surface area is 74.5 Å². The van der Waals surface area contributed by atoms with Gasteiger partial charge < -0.3 is 5.73 Å². The van der Waals surface area contributed by atoms with Crippen LogP contribution in [-0.2, 0) is 4.79 Å². The molecule has 0 amide bonds. The number of hydrogen-bond acceptors (Lipinski definition) is 2. The van der Waals surface area contributed by atoms with E-state index in [1.165, 1.54) is 6.42 Å². The molecular formula is C10H19NO. The van der Waals surface area contributed by atoms with Gasteiger partial charge in [0.2, 0.25) is 0 Å². The highest BCUT2D eigenvalue weighted by Gasteiger charge is 2.24. The Morgan fingerprint density at radius 3 is 2.67 bits per heavy atom. The van der Waals surface area contributed by atoms with Crippen molar-refractivity contribution in [3.05, 3.63) is 0 Å². The minimum Gasteiger partial charge on any atom is -0.328 e. The smallest absolute Gasteiger partial charge is 0.135 e. The summed E-state index contributed by atoms with van der Waals surface area (Å²) in [5, 5.41) is 0. The lowest BCUT2D eigenvalue weighted by Crippen LogP contribution is -2.22. The molecule has 2 N–H and O–H groups in total. The molecule has 0 aromatic heterocycles. The lowest BCUT2D eigenvalue weighted by Gasteiger charge is -2.23. The summed E-state index contributed by atoms with van der Waals surface area (Å²) in [5.74, 6) is 0.889. The highest BCUT2D eigenvalue weighted by molar-refractivity contribution is 5.81. The zero-order valence-corrected chi connectivity index (χ0v) is 7.88. The second kappa shape index (κ2) is 4.61. The van der Waals surface area contributed by atoms with E-state index in [1.807, 2.05) is 6.92 Å². The minimum atomic E-state index is 0.249. The first kappa shape index (κ1) is 9.72. The molecule has 0 radical (unpaired) electrons. The summed E-state index contributed by atoms with van der Waals surface area (Å²) >= 11 is 0. The zero-order valence-electron chi connectivity index (χ0n) is 7.88. The van der Waals surface area contributed by atoms with Crippen molar-refractivity contribution in [1.82, 2.24) is 0 Å². The molecule has 0 aliphatic heterocycles. The molecule has 70 valence electrons. The molecule has 1 aliphatic rings. The molecule has 0 bridgehead atoms. The molecule has 1 aliphatic carbocycles. The predicted octanol–water partition coefficient (Wildman–Crippen LogP) is 1.87. The first-order valence-electron chi connectivity index (χ1n) is 4.98. The number of carbonyl (C=O) groups excluding carboxylic acids is 1. The number of Topliss-reactive ketones (excluding diaryl/α,β-unsaturated/α-hetero) is 1. The Balaban J connectivity index is 2.02. The van der Waals surface area contributed by atoms with Crippen LogP contribution >= 0.6 is 0 Å². The van der Waals surface area contributed by atoms with E-state index in [9.17, 15) is 4.79 Å². The lowest BCUT2D eigenvalue weighted by molar-refractivity contribution is -0.125. The largest absolute Gasteiger partial charge is 0.328 e. The van der Waals surface area contributed by atoms with Gasteiger partial charge in [-0.25, -0.2) is 0 Å². The van der Waals surface area contributed by atoms with Gasteiger partial charge in [-0.2, -0.15) is 0 Å². The Morgan fingerprint density at radius 1 is 1.58 bits per heavy atom. The quantitative estimate of drug-likeness (QED) is 0.682. The van der Waals surface area contributed by atoms with Crippen LogP contribution < -0.4 is 5.73 Å². The van der Waals surface area contributed by atoms with E-state index >= 15 is 0 Å². The van der Waals surface area contributed by atoms with Crippen molar-refractivity contribution in [3.63, 3.8) is 0 Å². The van der Waals surface area contributed by atoms with E-state index in [4.69, 9.17) is 5.73 Å². The molecule has 1 saturated carbocycles. The van der Waals surface area contributed by atoms with Crippen LogP contribution in [0.1, 0.15) is 45.4 Å². The summed E-state index contributed by atoms with van der Waals surface area (Å²) < 4.78 is 0. The highest BCUT2D eigenvalue weighted by Crippen LogP contribution is 2.28. The van der Waals surface area contributed by atoms with Crippen LogP contribution in [0.4, 0.5) is 0 Å². The molecule has 12 heavy (non-hydrogen) atoms. The molecular weight excluding hydrogens is 150 g/mol. The van der Waals surface area contributed by atoms with Gasteiger partial charge in [0.1, 0.15) is 5.78 Å². The summed E-state index contributed by atoms with van der Waals surface area (Å²) in [6.45, 7) is 1.99. The lowest BCUT2D eigenvalue weighted by atomic mass is 9.80. The number of nitrogens with two attached hydrogens (primary N) is 1. The van der Waals surface area contributed by atoms with Gasteiger partial charge >= 0.3 is 0 Å².